The molecule has 0 aliphatic heterocycles. The highest BCUT2D eigenvalue weighted by molar-refractivity contribution is 5.26. The van der Waals surface area contributed by atoms with E-state index in [1.54, 1.807) is 20.2 Å². The summed E-state index contributed by atoms with van der Waals surface area (Å²) in [6, 6.07) is 8.43. The Morgan fingerprint density at radius 2 is 1.70 bits per heavy atom. The fraction of sp³-hybridized carbons (Fsp3) is 0.474. The quantitative estimate of drug-likeness (QED) is 0.874. The van der Waals surface area contributed by atoms with Gasteiger partial charge in [-0.3, -0.25) is 9.36 Å². The summed E-state index contributed by atoms with van der Waals surface area (Å²) in [5.41, 5.74) is 2.50. The molecule has 0 amide bonds. The van der Waals surface area contributed by atoms with E-state index in [4.69, 9.17) is 0 Å². The lowest BCUT2D eigenvalue weighted by atomic mass is 9.84. The summed E-state index contributed by atoms with van der Waals surface area (Å²) in [6.07, 6.45) is 8.14. The summed E-state index contributed by atoms with van der Waals surface area (Å²) in [5.74, 6) is 0.673. The highest BCUT2D eigenvalue weighted by atomic mass is 16.2. The second-order valence-corrected chi connectivity index (χ2v) is 6.67. The van der Waals surface area contributed by atoms with Crippen molar-refractivity contribution in [2.24, 2.45) is 7.05 Å². The van der Waals surface area contributed by atoms with Gasteiger partial charge in [0.15, 0.2) is 0 Å². The predicted molar refractivity (Wildman–Crippen MR) is 92.1 cm³/mol. The van der Waals surface area contributed by atoms with E-state index < -0.39 is 0 Å². The van der Waals surface area contributed by atoms with Crippen LogP contribution >= 0.6 is 0 Å². The Hall–Kier alpha value is -2.10. The topological polar surface area (TPSA) is 44.0 Å². The van der Waals surface area contributed by atoms with E-state index in [-0.39, 0.29) is 11.2 Å². The Bertz CT molecular complexity index is 759. The number of benzene rings is 1. The predicted octanol–water partition coefficient (Wildman–Crippen LogP) is 2.95. The molecule has 1 aromatic carbocycles. The van der Waals surface area contributed by atoms with Crippen molar-refractivity contribution in [2.75, 3.05) is 0 Å². The fourth-order valence-corrected chi connectivity index (χ4v) is 3.54. The molecule has 1 fully saturated rings. The molecule has 1 aliphatic carbocycles. The number of nitrogens with zero attached hydrogens (tertiary/aromatic N) is 2. The van der Waals surface area contributed by atoms with Gasteiger partial charge in [0.2, 0.25) is 0 Å². The first-order chi connectivity index (χ1) is 11.1. The van der Waals surface area contributed by atoms with Crippen LogP contribution in [0.25, 0.3) is 0 Å². The summed E-state index contributed by atoms with van der Waals surface area (Å²) >= 11 is 0. The van der Waals surface area contributed by atoms with Crippen molar-refractivity contribution in [3.05, 3.63) is 68.0 Å². The second-order valence-electron chi connectivity index (χ2n) is 6.67. The number of aryl methyl sites for hydroxylation is 2. The molecule has 4 nitrogen and oxygen atoms in total. The summed E-state index contributed by atoms with van der Waals surface area (Å²) in [6.45, 7) is 2.07. The van der Waals surface area contributed by atoms with Crippen LogP contribution in [0, 0.1) is 6.92 Å². The molecule has 4 heteroatoms. The molecule has 0 N–H and O–H groups in total. The van der Waals surface area contributed by atoms with Gasteiger partial charge in [-0.1, -0.05) is 43.5 Å². The third-order valence-corrected chi connectivity index (χ3v) is 4.90. The van der Waals surface area contributed by atoms with Crippen molar-refractivity contribution in [2.45, 2.75) is 51.5 Å². The Labute approximate surface area is 136 Å². The molecular weight excluding hydrogens is 288 g/mol. The molecule has 1 saturated carbocycles. The van der Waals surface area contributed by atoms with Gasteiger partial charge in [-0.2, -0.15) is 0 Å². The van der Waals surface area contributed by atoms with E-state index >= 15 is 0 Å². The van der Waals surface area contributed by atoms with Crippen LogP contribution in [0.2, 0.25) is 0 Å². The highest BCUT2D eigenvalue weighted by Crippen LogP contribution is 2.32. The van der Waals surface area contributed by atoms with Crippen LogP contribution in [0.4, 0.5) is 0 Å². The third-order valence-electron chi connectivity index (χ3n) is 4.90. The molecule has 23 heavy (non-hydrogen) atoms. The van der Waals surface area contributed by atoms with E-state index in [0.29, 0.717) is 18.0 Å². The van der Waals surface area contributed by atoms with Crippen LogP contribution in [0.3, 0.4) is 0 Å². The maximum atomic E-state index is 12.2. The molecule has 0 unspecified atom stereocenters. The minimum absolute atomic E-state index is 0.204. The van der Waals surface area contributed by atoms with Gasteiger partial charge < -0.3 is 4.57 Å². The average molecular weight is 312 g/mol. The lowest BCUT2D eigenvalue weighted by Crippen LogP contribution is -2.39. The van der Waals surface area contributed by atoms with Crippen molar-refractivity contribution in [3.63, 3.8) is 0 Å². The molecule has 2 aromatic rings. The van der Waals surface area contributed by atoms with Gasteiger partial charge in [0, 0.05) is 18.8 Å². The molecule has 0 radical (unpaired) electrons. The van der Waals surface area contributed by atoms with E-state index in [1.165, 1.54) is 46.8 Å². The maximum absolute atomic E-state index is 12.2. The molecule has 1 aliphatic rings. The van der Waals surface area contributed by atoms with Gasteiger partial charge >= 0.3 is 5.69 Å². The fourth-order valence-electron chi connectivity index (χ4n) is 3.54. The van der Waals surface area contributed by atoms with Crippen LogP contribution in [0.5, 0.6) is 0 Å². The van der Waals surface area contributed by atoms with Crippen molar-refractivity contribution in [1.29, 1.82) is 0 Å². The SMILES string of the molecule is Cc1cn(C)c(=O)n(Cc2ccc(C3CCCCC3)cc2)c1=O. The molecule has 0 spiro atoms. The third kappa shape index (κ3) is 3.31. The number of rotatable bonds is 3. The van der Waals surface area contributed by atoms with Gasteiger partial charge in [0.1, 0.15) is 0 Å². The van der Waals surface area contributed by atoms with Gasteiger partial charge in [-0.15, -0.1) is 0 Å². The van der Waals surface area contributed by atoms with Crippen LogP contribution in [-0.2, 0) is 13.6 Å². The van der Waals surface area contributed by atoms with Crippen LogP contribution < -0.4 is 11.2 Å². The summed E-state index contributed by atoms with van der Waals surface area (Å²) in [7, 11) is 1.68. The number of aromatic nitrogens is 2. The van der Waals surface area contributed by atoms with Gasteiger partial charge in [0.05, 0.1) is 6.54 Å². The molecule has 122 valence electrons. The number of hydrogen-bond donors (Lipinski definition) is 0. The van der Waals surface area contributed by atoms with Crippen LogP contribution in [-0.4, -0.2) is 9.13 Å². The molecular formula is C19H24N2O2. The largest absolute Gasteiger partial charge is 0.331 e. The molecule has 0 atom stereocenters. The van der Waals surface area contributed by atoms with Crippen LogP contribution in [0.15, 0.2) is 40.1 Å². The first-order valence-corrected chi connectivity index (χ1v) is 8.42. The van der Waals surface area contributed by atoms with Crippen LogP contribution in [0.1, 0.15) is 54.7 Å². The van der Waals surface area contributed by atoms with Gasteiger partial charge in [-0.05, 0) is 36.8 Å². The lowest BCUT2D eigenvalue weighted by molar-refractivity contribution is 0.443. The molecule has 0 saturated heterocycles. The zero-order valence-corrected chi connectivity index (χ0v) is 13.9. The van der Waals surface area contributed by atoms with Crippen molar-refractivity contribution in [3.8, 4) is 0 Å². The van der Waals surface area contributed by atoms with E-state index in [0.717, 1.165) is 5.56 Å². The van der Waals surface area contributed by atoms with Gasteiger partial charge in [0.25, 0.3) is 5.56 Å². The molecule has 0 bridgehead atoms. The highest BCUT2D eigenvalue weighted by Gasteiger charge is 2.15. The molecule has 1 heterocycles. The van der Waals surface area contributed by atoms with E-state index in [1.807, 2.05) is 0 Å². The Kier molecular flexibility index (Phi) is 4.51. The summed E-state index contributed by atoms with van der Waals surface area (Å²) in [5, 5.41) is 0. The van der Waals surface area contributed by atoms with Gasteiger partial charge in [-0.25, -0.2) is 4.79 Å². The zero-order valence-electron chi connectivity index (χ0n) is 13.9. The minimum atomic E-state index is -0.267. The minimum Gasteiger partial charge on any atom is -0.303 e. The first-order valence-electron chi connectivity index (χ1n) is 8.42. The number of hydrogen-bond acceptors (Lipinski definition) is 2. The maximum Gasteiger partial charge on any atom is 0.331 e. The van der Waals surface area contributed by atoms with Crippen molar-refractivity contribution in [1.82, 2.24) is 9.13 Å². The normalized spacial score (nSPS) is 15.7. The summed E-state index contributed by atoms with van der Waals surface area (Å²) in [4.78, 5) is 24.4. The Morgan fingerprint density at radius 1 is 1.04 bits per heavy atom. The first kappa shape index (κ1) is 15.8. The monoisotopic (exact) mass is 312 g/mol. The lowest BCUT2D eigenvalue weighted by Gasteiger charge is -2.22. The van der Waals surface area contributed by atoms with E-state index in [9.17, 15) is 9.59 Å². The van der Waals surface area contributed by atoms with Crippen molar-refractivity contribution < 1.29 is 0 Å². The summed E-state index contributed by atoms with van der Waals surface area (Å²) < 4.78 is 2.78. The molecule has 3 rings (SSSR count). The van der Waals surface area contributed by atoms with Crippen molar-refractivity contribution >= 4 is 0 Å². The second kappa shape index (κ2) is 6.57. The Balaban J connectivity index is 1.84. The smallest absolute Gasteiger partial charge is 0.303 e. The zero-order chi connectivity index (χ0) is 16.4. The van der Waals surface area contributed by atoms with E-state index in [2.05, 4.69) is 24.3 Å². The molecule has 1 aromatic heterocycles. The standard InChI is InChI=1S/C19H24N2O2/c1-14-12-20(2)19(23)21(18(14)22)13-15-8-10-17(11-9-15)16-6-4-3-5-7-16/h8-12,16H,3-7,13H2,1-2H3. The Morgan fingerprint density at radius 3 is 2.35 bits per heavy atom. The average Bonchev–Trinajstić information content (AvgIpc) is 2.58.